The lowest BCUT2D eigenvalue weighted by molar-refractivity contribution is -0.130. The maximum Gasteiger partial charge on any atom is 0.192 e. The SMILES string of the molecule is COC[C@@H](C)C1CC[C@H]2C(=O)CCC[C@]12C.C[C@@H]1C/C(=C/CP(=O)(c2ccccc2)c2ccccc2)C[C@@H](O[Si](C)(C)C(C)(C)C)C1. The van der Waals surface area contributed by atoms with E-state index in [2.05, 4.69) is 60.7 Å². The third-order valence-corrected chi connectivity index (χ3v) is 19.6. The van der Waals surface area contributed by atoms with Crippen LogP contribution in [0.5, 0.6) is 0 Å². The number of fused-ring (bicyclic) bond motifs is 1. The molecule has 0 spiro atoms. The summed E-state index contributed by atoms with van der Waals surface area (Å²) in [5, 5.41) is 2.10. The zero-order chi connectivity index (χ0) is 34.5. The lowest BCUT2D eigenvalue weighted by atomic mass is 9.62. The van der Waals surface area contributed by atoms with Gasteiger partial charge in [-0.2, -0.15) is 0 Å². The second-order valence-corrected chi connectivity index (χ2v) is 24.3. The molecule has 0 heterocycles. The number of carbonyl (C=O) groups is 1. The maximum atomic E-state index is 14.3. The molecule has 1 unspecified atom stereocenters. The van der Waals surface area contributed by atoms with Gasteiger partial charge in [0.25, 0.3) is 0 Å². The Kier molecular flexibility index (Phi) is 12.8. The molecular weight excluding hydrogens is 616 g/mol. The molecule has 3 fully saturated rings. The van der Waals surface area contributed by atoms with Crippen molar-refractivity contribution < 1.29 is 18.5 Å². The summed E-state index contributed by atoms with van der Waals surface area (Å²) in [6.45, 7) is 19.4. The monoisotopic (exact) mass is 678 g/mol. The van der Waals surface area contributed by atoms with Crippen molar-refractivity contribution in [3.63, 3.8) is 0 Å². The summed E-state index contributed by atoms with van der Waals surface area (Å²) in [5.74, 6) is 2.75. The first-order chi connectivity index (χ1) is 22.1. The topological polar surface area (TPSA) is 52.6 Å². The number of allylic oxidation sites excluding steroid dienone is 1. The summed E-state index contributed by atoms with van der Waals surface area (Å²) in [6, 6.07) is 20.0. The Morgan fingerprint density at radius 2 is 1.60 bits per heavy atom. The summed E-state index contributed by atoms with van der Waals surface area (Å²) < 4.78 is 26.4. The Bertz CT molecular complexity index is 1340. The Labute approximate surface area is 288 Å². The molecule has 5 rings (SSSR count). The lowest BCUT2D eigenvalue weighted by Crippen LogP contribution is -2.45. The molecule has 47 heavy (non-hydrogen) atoms. The minimum Gasteiger partial charge on any atom is -0.414 e. The first kappa shape index (κ1) is 38.0. The molecule has 0 amide bonds. The van der Waals surface area contributed by atoms with Gasteiger partial charge in [-0.05, 0) is 86.2 Å². The van der Waals surface area contributed by atoms with E-state index in [0.717, 1.165) is 55.7 Å². The highest BCUT2D eigenvalue weighted by Gasteiger charge is 2.52. The number of carbonyl (C=O) groups excluding carboxylic acids is 1. The van der Waals surface area contributed by atoms with E-state index < -0.39 is 15.5 Å². The molecule has 0 radical (unpaired) electrons. The fraction of sp³-hybridized carbons (Fsp3) is 0.634. The first-order valence-electron chi connectivity index (χ1n) is 18.2. The number of benzene rings is 2. The van der Waals surface area contributed by atoms with Crippen molar-refractivity contribution in [3.05, 3.63) is 72.3 Å². The Morgan fingerprint density at radius 1 is 1.00 bits per heavy atom. The van der Waals surface area contributed by atoms with Crippen LogP contribution in [0, 0.1) is 29.1 Å². The molecule has 0 aromatic heterocycles. The molecular formula is C41H63O4PSi. The molecule has 0 bridgehead atoms. The van der Waals surface area contributed by atoms with Crippen LogP contribution in [0.25, 0.3) is 0 Å². The van der Waals surface area contributed by atoms with Crippen LogP contribution in [-0.2, 0) is 18.5 Å². The van der Waals surface area contributed by atoms with Gasteiger partial charge in [0.1, 0.15) is 12.9 Å². The summed E-state index contributed by atoms with van der Waals surface area (Å²) in [4.78, 5) is 12.0. The number of hydrogen-bond donors (Lipinski definition) is 0. The standard InChI is InChI=1S/C27H39O2PSi.C14H24O2/c1-22-19-23(21-24(20-22)29-31(5,6)27(2,3)4)17-18-30(28,25-13-9-7-10-14-25)26-15-11-8-12-16-26;1-10(9-16-3)11-6-7-12-13(15)5-4-8-14(11,12)2/h7-17,22,24H,18-21H2,1-6H3;10-12H,4-9H2,1-3H3/b23-17-;/t22-,24+;10-,11?,12+,14-/m11/s1. The number of rotatable bonds is 9. The minimum atomic E-state index is -2.71. The fourth-order valence-corrected chi connectivity index (χ4v) is 12.4. The van der Waals surface area contributed by atoms with Gasteiger partial charge in [0.15, 0.2) is 8.32 Å². The molecule has 2 aromatic rings. The van der Waals surface area contributed by atoms with Crippen LogP contribution in [0.1, 0.15) is 92.9 Å². The lowest BCUT2D eigenvalue weighted by Gasteiger charge is -2.42. The molecule has 0 aliphatic heterocycles. The van der Waals surface area contributed by atoms with Crippen molar-refractivity contribution >= 4 is 31.9 Å². The van der Waals surface area contributed by atoms with Crippen LogP contribution in [0.15, 0.2) is 72.3 Å². The molecule has 2 aromatic carbocycles. The molecule has 0 N–H and O–H groups in total. The van der Waals surface area contributed by atoms with E-state index in [1.807, 2.05) is 60.7 Å². The normalized spacial score (nSPS) is 28.4. The molecule has 6 heteroatoms. The summed E-state index contributed by atoms with van der Waals surface area (Å²) in [7, 11) is -2.73. The summed E-state index contributed by atoms with van der Waals surface area (Å²) in [5.41, 5.74) is 1.68. The van der Waals surface area contributed by atoms with Gasteiger partial charge in [-0.15, -0.1) is 0 Å². The zero-order valence-electron chi connectivity index (χ0n) is 30.9. The van der Waals surface area contributed by atoms with Crippen molar-refractivity contribution in [2.24, 2.45) is 29.1 Å². The maximum absolute atomic E-state index is 14.3. The molecule has 3 aliphatic carbocycles. The molecule has 6 atom stereocenters. The van der Waals surface area contributed by atoms with Crippen molar-refractivity contribution in [1.82, 2.24) is 0 Å². The second kappa shape index (κ2) is 15.8. The van der Waals surface area contributed by atoms with Gasteiger partial charge in [0.2, 0.25) is 0 Å². The van der Waals surface area contributed by atoms with Crippen molar-refractivity contribution in [2.45, 2.75) is 117 Å². The smallest absolute Gasteiger partial charge is 0.192 e. The number of ether oxygens (including phenoxy) is 1. The Balaban J connectivity index is 0.000000261. The van der Waals surface area contributed by atoms with E-state index in [-0.39, 0.29) is 16.6 Å². The predicted octanol–water partition coefficient (Wildman–Crippen LogP) is 10.2. The number of methoxy groups -OCH3 is 1. The Hall–Kier alpha value is -1.78. The third-order valence-electron chi connectivity index (χ3n) is 12.1. The van der Waals surface area contributed by atoms with E-state index >= 15 is 0 Å². The molecule has 0 saturated heterocycles. The number of ketones is 1. The van der Waals surface area contributed by atoms with Crippen LogP contribution in [0.2, 0.25) is 18.1 Å². The van der Waals surface area contributed by atoms with E-state index in [1.54, 1.807) is 7.11 Å². The van der Waals surface area contributed by atoms with Gasteiger partial charge < -0.3 is 13.7 Å². The van der Waals surface area contributed by atoms with Crippen LogP contribution >= 0.6 is 7.14 Å². The zero-order valence-corrected chi connectivity index (χ0v) is 32.8. The number of Topliss-reactive ketones (excluding diaryl/α,β-unsaturated/α-hetero) is 1. The highest BCUT2D eigenvalue weighted by Crippen LogP contribution is 2.56. The van der Waals surface area contributed by atoms with E-state index in [0.29, 0.717) is 35.6 Å². The van der Waals surface area contributed by atoms with Gasteiger partial charge in [0, 0.05) is 48.9 Å². The highest BCUT2D eigenvalue weighted by atomic mass is 31.2. The largest absolute Gasteiger partial charge is 0.414 e. The average Bonchev–Trinajstić information content (AvgIpc) is 3.38. The molecule has 3 aliphatic rings. The quantitative estimate of drug-likeness (QED) is 0.151. The van der Waals surface area contributed by atoms with Gasteiger partial charge in [-0.3, -0.25) is 4.79 Å². The third kappa shape index (κ3) is 9.07. The average molecular weight is 679 g/mol. The van der Waals surface area contributed by atoms with Gasteiger partial charge in [0.05, 0.1) is 0 Å². The van der Waals surface area contributed by atoms with Crippen molar-refractivity contribution in [2.75, 3.05) is 19.9 Å². The van der Waals surface area contributed by atoms with Crippen LogP contribution < -0.4 is 10.6 Å². The minimum absolute atomic E-state index is 0.216. The summed E-state index contributed by atoms with van der Waals surface area (Å²) in [6.07, 6.45) is 11.8. The molecule has 3 saturated carbocycles. The Morgan fingerprint density at radius 3 is 2.15 bits per heavy atom. The van der Waals surface area contributed by atoms with E-state index in [4.69, 9.17) is 9.16 Å². The first-order valence-corrected chi connectivity index (χ1v) is 23.0. The highest BCUT2D eigenvalue weighted by molar-refractivity contribution is 7.78. The molecule has 260 valence electrons. The van der Waals surface area contributed by atoms with E-state index in [1.165, 1.54) is 18.4 Å². The fourth-order valence-electron chi connectivity index (χ4n) is 8.53. The van der Waals surface area contributed by atoms with Crippen LogP contribution in [0.3, 0.4) is 0 Å². The van der Waals surface area contributed by atoms with Crippen molar-refractivity contribution in [1.29, 1.82) is 0 Å². The van der Waals surface area contributed by atoms with Gasteiger partial charge in [-0.25, -0.2) is 0 Å². The second-order valence-electron chi connectivity index (χ2n) is 16.7. The van der Waals surface area contributed by atoms with E-state index in [9.17, 15) is 9.36 Å². The number of hydrogen-bond acceptors (Lipinski definition) is 4. The summed E-state index contributed by atoms with van der Waals surface area (Å²) >= 11 is 0. The van der Waals surface area contributed by atoms with Gasteiger partial charge >= 0.3 is 0 Å². The molecule has 4 nitrogen and oxygen atoms in total. The van der Waals surface area contributed by atoms with Gasteiger partial charge in [-0.1, -0.05) is 114 Å². The van der Waals surface area contributed by atoms with Crippen molar-refractivity contribution in [3.8, 4) is 0 Å². The van der Waals surface area contributed by atoms with Crippen LogP contribution in [0.4, 0.5) is 0 Å². The van der Waals surface area contributed by atoms with Crippen LogP contribution in [-0.4, -0.2) is 40.1 Å². The predicted molar refractivity (Wildman–Crippen MR) is 202 cm³/mol.